The maximum atomic E-state index is 11.7. The third-order valence-corrected chi connectivity index (χ3v) is 3.78. The fourth-order valence-electron chi connectivity index (χ4n) is 1.63. The van der Waals surface area contributed by atoms with Crippen LogP contribution in [0.5, 0.6) is 0 Å². The Kier molecular flexibility index (Phi) is 7.49. The van der Waals surface area contributed by atoms with Crippen LogP contribution in [0.2, 0.25) is 0 Å². The zero-order valence-corrected chi connectivity index (χ0v) is 13.2. The average Bonchev–Trinajstić information content (AvgIpc) is 2.42. The average molecular weight is 336 g/mol. The number of ether oxygens (including phenoxy) is 2. The Balaban J connectivity index is 2.47. The van der Waals surface area contributed by atoms with Gasteiger partial charge in [-0.2, -0.15) is 0 Å². The molecule has 0 spiro atoms. The minimum atomic E-state index is -3.72. The van der Waals surface area contributed by atoms with E-state index in [2.05, 4.69) is 5.32 Å². The van der Waals surface area contributed by atoms with E-state index in [9.17, 15) is 13.2 Å². The standard InChI is InChI=1S/C13H18ClNO5S/c1-19-8-7-12(10-21(14,17)18)15-13(16)20-9-11-5-3-2-4-6-11/h2-6,12H,7-10H2,1H3,(H,15,16). The Bertz CT molecular complexity index is 535. The number of amides is 1. The number of rotatable bonds is 8. The molecule has 1 unspecified atom stereocenters. The van der Waals surface area contributed by atoms with E-state index in [-0.39, 0.29) is 12.4 Å². The molecule has 0 aromatic heterocycles. The fraction of sp³-hybridized carbons (Fsp3) is 0.462. The molecule has 6 nitrogen and oxygen atoms in total. The first-order chi connectivity index (χ1) is 9.90. The van der Waals surface area contributed by atoms with Crippen molar-refractivity contribution in [2.45, 2.75) is 19.1 Å². The van der Waals surface area contributed by atoms with Crippen molar-refractivity contribution in [2.24, 2.45) is 0 Å². The van der Waals surface area contributed by atoms with Crippen LogP contribution in [0.4, 0.5) is 4.79 Å². The highest BCUT2D eigenvalue weighted by atomic mass is 35.7. The lowest BCUT2D eigenvalue weighted by Crippen LogP contribution is -2.40. The predicted octanol–water partition coefficient (Wildman–Crippen LogP) is 1.89. The quantitative estimate of drug-likeness (QED) is 0.734. The lowest BCUT2D eigenvalue weighted by Gasteiger charge is -2.16. The van der Waals surface area contributed by atoms with Gasteiger partial charge in [-0.05, 0) is 12.0 Å². The summed E-state index contributed by atoms with van der Waals surface area (Å²) in [7, 11) is 2.97. The van der Waals surface area contributed by atoms with Crippen LogP contribution in [0, 0.1) is 0 Å². The van der Waals surface area contributed by atoms with Gasteiger partial charge in [-0.25, -0.2) is 13.2 Å². The number of benzene rings is 1. The predicted molar refractivity (Wildman–Crippen MR) is 79.7 cm³/mol. The number of methoxy groups -OCH3 is 1. The molecule has 1 amide bonds. The van der Waals surface area contributed by atoms with Crippen molar-refractivity contribution >= 4 is 25.8 Å². The Morgan fingerprint density at radius 3 is 2.57 bits per heavy atom. The van der Waals surface area contributed by atoms with Crippen molar-refractivity contribution < 1.29 is 22.7 Å². The summed E-state index contributed by atoms with van der Waals surface area (Å²) in [5.41, 5.74) is 0.839. The molecule has 0 aliphatic heterocycles. The van der Waals surface area contributed by atoms with Gasteiger partial charge in [-0.1, -0.05) is 30.3 Å². The molecule has 0 saturated heterocycles. The number of halogens is 1. The minimum Gasteiger partial charge on any atom is -0.445 e. The van der Waals surface area contributed by atoms with Crippen molar-refractivity contribution in [2.75, 3.05) is 19.5 Å². The van der Waals surface area contributed by atoms with Crippen LogP contribution in [-0.4, -0.2) is 40.0 Å². The van der Waals surface area contributed by atoms with E-state index in [4.69, 9.17) is 20.2 Å². The number of alkyl carbamates (subject to hydrolysis) is 1. The maximum absolute atomic E-state index is 11.7. The molecule has 8 heteroatoms. The molecule has 21 heavy (non-hydrogen) atoms. The lowest BCUT2D eigenvalue weighted by molar-refractivity contribution is 0.132. The third-order valence-electron chi connectivity index (χ3n) is 2.61. The second-order valence-corrected chi connectivity index (χ2v) is 7.21. The van der Waals surface area contributed by atoms with Crippen LogP contribution >= 0.6 is 10.7 Å². The van der Waals surface area contributed by atoms with Crippen LogP contribution in [0.25, 0.3) is 0 Å². The number of hydrogen-bond donors (Lipinski definition) is 1. The van der Waals surface area contributed by atoms with Crippen LogP contribution in [0.3, 0.4) is 0 Å². The van der Waals surface area contributed by atoms with Crippen molar-refractivity contribution in [3.63, 3.8) is 0 Å². The largest absolute Gasteiger partial charge is 0.445 e. The SMILES string of the molecule is COCCC(CS(=O)(=O)Cl)NC(=O)OCc1ccccc1. The fourth-order valence-corrected chi connectivity index (χ4v) is 2.82. The molecular formula is C13H18ClNO5S. The Morgan fingerprint density at radius 1 is 1.33 bits per heavy atom. The van der Waals surface area contributed by atoms with Crippen molar-refractivity contribution in [1.29, 1.82) is 0 Å². The van der Waals surface area contributed by atoms with Crippen LogP contribution in [-0.2, 0) is 25.1 Å². The molecule has 0 radical (unpaired) electrons. The zero-order chi connectivity index (χ0) is 15.7. The van der Waals surface area contributed by atoms with Gasteiger partial charge in [0, 0.05) is 30.4 Å². The molecule has 1 aromatic rings. The zero-order valence-electron chi connectivity index (χ0n) is 11.6. The third kappa shape index (κ3) is 8.54. The summed E-state index contributed by atoms with van der Waals surface area (Å²) in [6, 6.07) is 8.50. The monoisotopic (exact) mass is 335 g/mol. The Labute approximate surface area is 128 Å². The summed E-state index contributed by atoms with van der Waals surface area (Å²) in [5.74, 6) is -0.377. The number of nitrogens with one attached hydrogen (secondary N) is 1. The van der Waals surface area contributed by atoms with Gasteiger partial charge >= 0.3 is 6.09 Å². The van der Waals surface area contributed by atoms with Crippen molar-refractivity contribution in [3.05, 3.63) is 35.9 Å². The van der Waals surface area contributed by atoms with E-state index in [1.165, 1.54) is 7.11 Å². The summed E-state index contributed by atoms with van der Waals surface area (Å²) in [6.45, 7) is 0.410. The normalized spacial score (nSPS) is 12.7. The van der Waals surface area contributed by atoms with E-state index in [1.807, 2.05) is 30.3 Å². The molecule has 0 aliphatic carbocycles. The number of hydrogen-bond acceptors (Lipinski definition) is 5. The van der Waals surface area contributed by atoms with E-state index in [0.29, 0.717) is 13.0 Å². The first-order valence-electron chi connectivity index (χ1n) is 6.29. The first kappa shape index (κ1) is 17.7. The highest BCUT2D eigenvalue weighted by molar-refractivity contribution is 8.13. The summed E-state index contributed by atoms with van der Waals surface area (Å²) in [4.78, 5) is 11.7. The smallest absolute Gasteiger partial charge is 0.407 e. The van der Waals surface area contributed by atoms with Gasteiger partial charge in [0.15, 0.2) is 0 Å². The first-order valence-corrected chi connectivity index (χ1v) is 8.77. The number of carbonyl (C=O) groups is 1. The van der Waals surface area contributed by atoms with E-state index < -0.39 is 21.2 Å². The highest BCUT2D eigenvalue weighted by Crippen LogP contribution is 2.05. The van der Waals surface area contributed by atoms with Gasteiger partial charge in [0.1, 0.15) is 6.61 Å². The lowest BCUT2D eigenvalue weighted by atomic mass is 10.2. The highest BCUT2D eigenvalue weighted by Gasteiger charge is 2.19. The maximum Gasteiger partial charge on any atom is 0.407 e. The second-order valence-electron chi connectivity index (χ2n) is 4.39. The van der Waals surface area contributed by atoms with Gasteiger partial charge in [0.05, 0.1) is 5.75 Å². The Hall–Kier alpha value is -1.31. The topological polar surface area (TPSA) is 81.7 Å². The van der Waals surface area contributed by atoms with Gasteiger partial charge in [0.25, 0.3) is 0 Å². The van der Waals surface area contributed by atoms with Crippen LogP contribution in [0.1, 0.15) is 12.0 Å². The van der Waals surface area contributed by atoms with E-state index in [1.54, 1.807) is 0 Å². The summed E-state index contributed by atoms with van der Waals surface area (Å²) >= 11 is 0. The van der Waals surface area contributed by atoms with Crippen LogP contribution in [0.15, 0.2) is 30.3 Å². The van der Waals surface area contributed by atoms with Gasteiger partial charge < -0.3 is 14.8 Å². The van der Waals surface area contributed by atoms with Crippen molar-refractivity contribution in [1.82, 2.24) is 5.32 Å². The molecule has 1 rings (SSSR count). The van der Waals surface area contributed by atoms with Crippen molar-refractivity contribution in [3.8, 4) is 0 Å². The van der Waals surface area contributed by atoms with E-state index >= 15 is 0 Å². The molecule has 1 aromatic carbocycles. The van der Waals surface area contributed by atoms with Gasteiger partial charge in [-0.15, -0.1) is 0 Å². The molecule has 1 N–H and O–H groups in total. The van der Waals surface area contributed by atoms with Gasteiger partial charge in [0.2, 0.25) is 9.05 Å². The van der Waals surface area contributed by atoms with Gasteiger partial charge in [-0.3, -0.25) is 0 Å². The summed E-state index contributed by atoms with van der Waals surface area (Å²) < 4.78 is 32.1. The van der Waals surface area contributed by atoms with Crippen LogP contribution < -0.4 is 5.32 Å². The molecular weight excluding hydrogens is 318 g/mol. The summed E-state index contributed by atoms with van der Waals surface area (Å²) in [5, 5.41) is 2.47. The molecule has 0 fully saturated rings. The summed E-state index contributed by atoms with van der Waals surface area (Å²) in [6.07, 6.45) is -0.372. The van der Waals surface area contributed by atoms with E-state index in [0.717, 1.165) is 5.56 Å². The Morgan fingerprint density at radius 2 is 2.00 bits per heavy atom. The molecule has 0 bridgehead atoms. The molecule has 1 atom stereocenters. The molecule has 0 aliphatic rings. The minimum absolute atomic E-state index is 0.108. The second kappa shape index (κ2) is 8.86. The molecule has 0 heterocycles. The molecule has 118 valence electrons. The number of carbonyl (C=O) groups excluding carboxylic acids is 1. The molecule has 0 saturated carbocycles.